The van der Waals surface area contributed by atoms with Gasteiger partial charge in [0.05, 0.1) is 29.0 Å². The number of hydrogen-bond donors (Lipinski definition) is 2. The number of ether oxygens (including phenoxy) is 2. The highest BCUT2D eigenvalue weighted by molar-refractivity contribution is 6.34. The zero-order chi connectivity index (χ0) is 26.2. The van der Waals surface area contributed by atoms with E-state index in [2.05, 4.69) is 10.6 Å². The molecule has 0 radical (unpaired) electrons. The number of fused-ring (bicyclic) bond motifs is 1. The van der Waals surface area contributed by atoms with E-state index in [0.29, 0.717) is 17.8 Å². The molecular weight excluding hydrogens is 470 g/mol. The molecule has 4 amide bonds. The quantitative estimate of drug-likeness (QED) is 0.289. The monoisotopic (exact) mass is 495 g/mol. The zero-order valence-electron chi connectivity index (χ0n) is 19.8. The molecular formula is C25H25N3O8. The highest BCUT2D eigenvalue weighted by Crippen LogP contribution is 2.30. The average molecular weight is 495 g/mol. The smallest absolute Gasteiger partial charge is 0.338 e. The third kappa shape index (κ3) is 6.32. The minimum atomic E-state index is -0.835. The fraction of sp³-hybridized carbons (Fsp3) is 0.280. The summed E-state index contributed by atoms with van der Waals surface area (Å²) in [5.41, 5.74) is 0.980. The second-order valence-corrected chi connectivity index (χ2v) is 7.77. The molecule has 188 valence electrons. The van der Waals surface area contributed by atoms with Gasteiger partial charge >= 0.3 is 11.9 Å². The molecule has 11 nitrogen and oxygen atoms in total. The molecule has 0 bridgehead atoms. The van der Waals surface area contributed by atoms with Crippen molar-refractivity contribution in [2.75, 3.05) is 30.0 Å². The van der Waals surface area contributed by atoms with Gasteiger partial charge in [-0.15, -0.1) is 0 Å². The van der Waals surface area contributed by atoms with Crippen molar-refractivity contribution >= 4 is 46.9 Å². The van der Waals surface area contributed by atoms with Gasteiger partial charge in [-0.25, -0.2) is 9.69 Å². The van der Waals surface area contributed by atoms with E-state index in [-0.39, 0.29) is 48.1 Å². The summed E-state index contributed by atoms with van der Waals surface area (Å²) in [6.45, 7) is 3.02. The number of rotatable bonds is 10. The highest BCUT2D eigenvalue weighted by atomic mass is 16.5. The molecule has 0 unspecified atom stereocenters. The highest BCUT2D eigenvalue weighted by Gasteiger charge is 2.37. The molecule has 3 rings (SSSR count). The fourth-order valence-corrected chi connectivity index (χ4v) is 3.46. The molecule has 0 aliphatic carbocycles. The lowest BCUT2D eigenvalue weighted by atomic mass is 10.1. The SMILES string of the molecule is CCOC(=O)CCCNC(=O)COC(=O)c1ccc2c(c1)C(=O)N(c1ccc(NC(C)=O)cc1)C2=O. The van der Waals surface area contributed by atoms with Gasteiger partial charge in [-0.05, 0) is 55.8 Å². The van der Waals surface area contributed by atoms with Gasteiger partial charge in [0.2, 0.25) is 5.91 Å². The fourth-order valence-electron chi connectivity index (χ4n) is 3.46. The molecule has 0 saturated heterocycles. The lowest BCUT2D eigenvalue weighted by molar-refractivity contribution is -0.143. The number of carbonyl (C=O) groups is 6. The lowest BCUT2D eigenvalue weighted by Gasteiger charge is -2.14. The second kappa shape index (κ2) is 11.7. The minimum Gasteiger partial charge on any atom is -0.466 e. The molecule has 0 saturated carbocycles. The Morgan fingerprint density at radius 1 is 0.917 bits per heavy atom. The van der Waals surface area contributed by atoms with Crippen molar-refractivity contribution in [2.24, 2.45) is 0 Å². The van der Waals surface area contributed by atoms with E-state index in [0.717, 1.165) is 4.90 Å². The van der Waals surface area contributed by atoms with Crippen molar-refractivity contribution in [3.63, 3.8) is 0 Å². The van der Waals surface area contributed by atoms with E-state index in [9.17, 15) is 28.8 Å². The van der Waals surface area contributed by atoms with Crippen LogP contribution >= 0.6 is 0 Å². The average Bonchev–Trinajstić information content (AvgIpc) is 3.10. The van der Waals surface area contributed by atoms with Crippen LogP contribution in [0.2, 0.25) is 0 Å². The van der Waals surface area contributed by atoms with E-state index < -0.39 is 30.3 Å². The zero-order valence-corrected chi connectivity index (χ0v) is 19.8. The van der Waals surface area contributed by atoms with Crippen LogP contribution < -0.4 is 15.5 Å². The predicted molar refractivity (Wildman–Crippen MR) is 127 cm³/mol. The van der Waals surface area contributed by atoms with Crippen LogP contribution in [0.25, 0.3) is 0 Å². The lowest BCUT2D eigenvalue weighted by Crippen LogP contribution is -2.30. The van der Waals surface area contributed by atoms with Gasteiger partial charge in [0.15, 0.2) is 6.61 Å². The number of amides is 4. The van der Waals surface area contributed by atoms with Gasteiger partial charge in [0.1, 0.15) is 0 Å². The summed E-state index contributed by atoms with van der Waals surface area (Å²) in [6.07, 6.45) is 0.540. The topological polar surface area (TPSA) is 148 Å². The Bertz CT molecular complexity index is 1210. The van der Waals surface area contributed by atoms with Crippen LogP contribution in [0.5, 0.6) is 0 Å². The number of imide groups is 1. The van der Waals surface area contributed by atoms with Gasteiger partial charge in [-0.2, -0.15) is 0 Å². The van der Waals surface area contributed by atoms with Gasteiger partial charge in [-0.1, -0.05) is 0 Å². The normalized spacial score (nSPS) is 12.1. The van der Waals surface area contributed by atoms with Crippen molar-refractivity contribution in [3.05, 3.63) is 59.2 Å². The molecule has 11 heteroatoms. The molecule has 1 aliphatic heterocycles. The third-order valence-electron chi connectivity index (χ3n) is 5.09. The van der Waals surface area contributed by atoms with Gasteiger partial charge in [-0.3, -0.25) is 24.0 Å². The van der Waals surface area contributed by atoms with Crippen molar-refractivity contribution in [1.29, 1.82) is 0 Å². The van der Waals surface area contributed by atoms with E-state index in [1.807, 2.05) is 0 Å². The van der Waals surface area contributed by atoms with Crippen LogP contribution in [-0.4, -0.2) is 55.3 Å². The minimum absolute atomic E-state index is 0.00728. The van der Waals surface area contributed by atoms with E-state index in [1.54, 1.807) is 19.1 Å². The van der Waals surface area contributed by atoms with E-state index >= 15 is 0 Å². The summed E-state index contributed by atoms with van der Waals surface area (Å²) in [6, 6.07) is 10.1. The van der Waals surface area contributed by atoms with Gasteiger partial charge in [0.25, 0.3) is 17.7 Å². The van der Waals surface area contributed by atoms with Crippen molar-refractivity contribution in [3.8, 4) is 0 Å². The first kappa shape index (κ1) is 26.1. The van der Waals surface area contributed by atoms with Crippen LogP contribution in [0.3, 0.4) is 0 Å². The molecule has 0 aromatic heterocycles. The largest absolute Gasteiger partial charge is 0.466 e. The molecule has 36 heavy (non-hydrogen) atoms. The first-order valence-electron chi connectivity index (χ1n) is 11.2. The molecule has 2 aromatic carbocycles. The number of nitrogens with zero attached hydrogens (tertiary/aromatic N) is 1. The first-order chi connectivity index (χ1) is 17.2. The van der Waals surface area contributed by atoms with Crippen molar-refractivity contribution in [1.82, 2.24) is 5.32 Å². The number of carbonyl (C=O) groups excluding carboxylic acids is 6. The summed E-state index contributed by atoms with van der Waals surface area (Å²) in [4.78, 5) is 73.4. The number of nitrogens with one attached hydrogen (secondary N) is 2. The summed E-state index contributed by atoms with van der Waals surface area (Å²) >= 11 is 0. The molecule has 1 heterocycles. The summed E-state index contributed by atoms with van der Waals surface area (Å²) < 4.78 is 9.79. The summed E-state index contributed by atoms with van der Waals surface area (Å²) in [5.74, 6) is -3.16. The van der Waals surface area contributed by atoms with Crippen LogP contribution in [0.15, 0.2) is 42.5 Å². The van der Waals surface area contributed by atoms with E-state index in [4.69, 9.17) is 9.47 Å². The van der Waals surface area contributed by atoms with Crippen LogP contribution in [0.4, 0.5) is 11.4 Å². The second-order valence-electron chi connectivity index (χ2n) is 7.77. The van der Waals surface area contributed by atoms with Gasteiger partial charge < -0.3 is 20.1 Å². The Morgan fingerprint density at radius 2 is 1.61 bits per heavy atom. The van der Waals surface area contributed by atoms with Crippen LogP contribution in [0.1, 0.15) is 57.8 Å². The number of esters is 2. The molecule has 2 aromatic rings. The van der Waals surface area contributed by atoms with Crippen molar-refractivity contribution < 1.29 is 38.2 Å². The first-order valence-corrected chi connectivity index (χ1v) is 11.2. The molecule has 1 aliphatic rings. The Morgan fingerprint density at radius 3 is 2.28 bits per heavy atom. The standard InChI is InChI=1S/C25H25N3O8/c1-3-35-22(31)5-4-12-26-21(30)14-36-25(34)16-6-11-19-20(13-16)24(33)28(23(19)32)18-9-7-17(8-10-18)27-15(2)29/h6-11,13H,3-5,12,14H2,1-2H3,(H,26,30)(H,27,29). The van der Waals surface area contributed by atoms with Crippen molar-refractivity contribution in [2.45, 2.75) is 26.7 Å². The maximum absolute atomic E-state index is 12.9. The number of hydrogen-bond acceptors (Lipinski definition) is 8. The Labute approximate surface area is 206 Å². The van der Waals surface area contributed by atoms with E-state index in [1.165, 1.54) is 37.3 Å². The molecule has 2 N–H and O–H groups in total. The molecule has 0 atom stereocenters. The third-order valence-corrected chi connectivity index (χ3v) is 5.09. The molecule has 0 spiro atoms. The Balaban J connectivity index is 1.58. The summed E-state index contributed by atoms with van der Waals surface area (Å²) in [5, 5.41) is 5.13. The maximum atomic E-state index is 12.9. The van der Waals surface area contributed by atoms with Crippen LogP contribution in [-0.2, 0) is 23.9 Å². The van der Waals surface area contributed by atoms with Crippen LogP contribution in [0, 0.1) is 0 Å². The van der Waals surface area contributed by atoms with Gasteiger partial charge in [0, 0.05) is 25.6 Å². The maximum Gasteiger partial charge on any atom is 0.338 e. The Hall–Kier alpha value is -4.54. The number of anilines is 2. The molecule has 0 fully saturated rings. The number of benzene rings is 2. The summed E-state index contributed by atoms with van der Waals surface area (Å²) in [7, 11) is 0. The Kier molecular flexibility index (Phi) is 8.50. The predicted octanol–water partition coefficient (Wildman–Crippen LogP) is 2.06.